The fourth-order valence-electron chi connectivity index (χ4n) is 2.39. The van der Waals surface area contributed by atoms with E-state index in [-0.39, 0.29) is 43.2 Å². The zero-order valence-electron chi connectivity index (χ0n) is 13.7. The molecule has 0 bridgehead atoms. The summed E-state index contributed by atoms with van der Waals surface area (Å²) >= 11 is 0. The molecule has 3 rings (SSSR count). The van der Waals surface area contributed by atoms with Gasteiger partial charge in [0.25, 0.3) is 0 Å². The third-order valence-electron chi connectivity index (χ3n) is 3.80. The number of aromatic nitrogens is 2. The van der Waals surface area contributed by atoms with Crippen LogP contribution in [0.4, 0.5) is 5.69 Å². The highest BCUT2D eigenvalue weighted by Crippen LogP contribution is 2.18. The molecule has 1 heterocycles. The molecule has 1 aromatic carbocycles. The Balaban J connectivity index is 0.00000225. The fourth-order valence-corrected chi connectivity index (χ4v) is 2.39. The minimum atomic E-state index is -0.356. The molecule has 0 radical (unpaired) electrons. The van der Waals surface area contributed by atoms with Crippen molar-refractivity contribution < 1.29 is 9.59 Å². The highest BCUT2D eigenvalue weighted by molar-refractivity contribution is 5.91. The zero-order chi connectivity index (χ0) is 16.9. The molecule has 1 unspecified atom stereocenters. The van der Waals surface area contributed by atoms with Gasteiger partial charge in [-0.15, -0.1) is 12.4 Å². The van der Waals surface area contributed by atoms with Crippen molar-refractivity contribution in [3.63, 3.8) is 0 Å². The van der Waals surface area contributed by atoms with Crippen molar-refractivity contribution in [1.82, 2.24) is 15.1 Å². The van der Waals surface area contributed by atoms with Gasteiger partial charge in [-0.1, -0.05) is 30.3 Å². The predicted molar refractivity (Wildman–Crippen MR) is 97.3 cm³/mol. The minimum absolute atomic E-state index is 0. The number of nitrogens with one attached hydrogen (secondary N) is 2. The normalized spacial score (nSPS) is 14.3. The maximum absolute atomic E-state index is 12.1. The smallest absolute Gasteiger partial charge is 0.241 e. The van der Waals surface area contributed by atoms with Crippen LogP contribution in [0.3, 0.4) is 0 Å². The van der Waals surface area contributed by atoms with Crippen LogP contribution in [0.15, 0.2) is 42.7 Å². The molecule has 0 aliphatic heterocycles. The Kier molecular flexibility index (Phi) is 6.55. The Morgan fingerprint density at radius 2 is 1.96 bits per heavy atom. The SMILES string of the molecule is Cl.NC(CC(=O)Nc1cnn(CC(=O)NC2CC2)c1)c1ccccc1. The molecule has 1 atom stereocenters. The average molecular weight is 364 g/mol. The van der Waals surface area contributed by atoms with Crippen molar-refractivity contribution in [3.05, 3.63) is 48.3 Å². The molecular formula is C17H22ClN5O2. The van der Waals surface area contributed by atoms with Crippen molar-refractivity contribution in [2.75, 3.05) is 5.32 Å². The Bertz CT molecular complexity index is 715. The highest BCUT2D eigenvalue weighted by Gasteiger charge is 2.23. The van der Waals surface area contributed by atoms with Crippen LogP contribution in [-0.2, 0) is 16.1 Å². The molecule has 4 N–H and O–H groups in total. The molecule has 1 aliphatic carbocycles. The molecule has 0 saturated heterocycles. The van der Waals surface area contributed by atoms with E-state index >= 15 is 0 Å². The van der Waals surface area contributed by atoms with Gasteiger partial charge in [0.15, 0.2) is 0 Å². The van der Waals surface area contributed by atoms with E-state index in [1.807, 2.05) is 30.3 Å². The van der Waals surface area contributed by atoms with Gasteiger partial charge in [-0.3, -0.25) is 14.3 Å². The van der Waals surface area contributed by atoms with Crippen LogP contribution >= 0.6 is 12.4 Å². The first-order valence-corrected chi connectivity index (χ1v) is 8.02. The number of rotatable bonds is 7. The molecule has 8 heteroatoms. The van der Waals surface area contributed by atoms with Crippen LogP contribution in [0, 0.1) is 0 Å². The lowest BCUT2D eigenvalue weighted by Crippen LogP contribution is -2.29. The lowest BCUT2D eigenvalue weighted by molar-refractivity contribution is -0.122. The standard InChI is InChI=1S/C17H21N5O2.ClH/c18-15(12-4-2-1-3-5-12)8-16(23)21-14-9-19-22(10-14)11-17(24)20-13-6-7-13;/h1-5,9-10,13,15H,6-8,11,18H2,(H,20,24)(H,21,23);1H. The maximum Gasteiger partial charge on any atom is 0.241 e. The van der Waals surface area contributed by atoms with Crippen LogP contribution in [0.25, 0.3) is 0 Å². The molecule has 25 heavy (non-hydrogen) atoms. The third-order valence-corrected chi connectivity index (χ3v) is 3.80. The average Bonchev–Trinajstić information content (AvgIpc) is 3.26. The molecule has 2 aromatic rings. The van der Waals surface area contributed by atoms with Crippen molar-refractivity contribution in [1.29, 1.82) is 0 Å². The van der Waals surface area contributed by atoms with Gasteiger partial charge in [0.2, 0.25) is 11.8 Å². The number of carbonyl (C=O) groups excluding carboxylic acids is 2. The van der Waals surface area contributed by atoms with Gasteiger partial charge in [0.05, 0.1) is 11.9 Å². The van der Waals surface area contributed by atoms with Crippen molar-refractivity contribution in [2.24, 2.45) is 5.73 Å². The summed E-state index contributed by atoms with van der Waals surface area (Å²) in [5.74, 6) is -0.252. The summed E-state index contributed by atoms with van der Waals surface area (Å²) in [5.41, 5.74) is 7.51. The Morgan fingerprint density at radius 1 is 1.24 bits per heavy atom. The number of nitrogens with two attached hydrogens (primary N) is 1. The second-order valence-corrected chi connectivity index (χ2v) is 6.04. The maximum atomic E-state index is 12.1. The number of benzene rings is 1. The molecule has 1 aliphatic rings. The summed E-state index contributed by atoms with van der Waals surface area (Å²) in [6.07, 6.45) is 5.44. The number of hydrogen-bond donors (Lipinski definition) is 3. The molecule has 134 valence electrons. The second-order valence-electron chi connectivity index (χ2n) is 6.04. The van der Waals surface area contributed by atoms with Gasteiger partial charge in [-0.25, -0.2) is 0 Å². The van der Waals surface area contributed by atoms with E-state index in [1.54, 1.807) is 6.20 Å². The van der Waals surface area contributed by atoms with Gasteiger partial charge in [0.1, 0.15) is 6.54 Å². The lowest BCUT2D eigenvalue weighted by Gasteiger charge is -2.11. The van der Waals surface area contributed by atoms with E-state index in [9.17, 15) is 9.59 Å². The Hall–Kier alpha value is -2.38. The van der Waals surface area contributed by atoms with E-state index < -0.39 is 0 Å². The van der Waals surface area contributed by atoms with E-state index in [0.717, 1.165) is 18.4 Å². The summed E-state index contributed by atoms with van der Waals surface area (Å²) in [7, 11) is 0. The van der Waals surface area contributed by atoms with Gasteiger partial charge in [-0.2, -0.15) is 5.10 Å². The molecule has 1 saturated carbocycles. The first kappa shape index (κ1) is 19.0. The Morgan fingerprint density at radius 3 is 2.64 bits per heavy atom. The first-order valence-electron chi connectivity index (χ1n) is 8.02. The number of anilines is 1. The molecule has 7 nitrogen and oxygen atoms in total. The summed E-state index contributed by atoms with van der Waals surface area (Å²) in [4.78, 5) is 23.8. The number of hydrogen-bond acceptors (Lipinski definition) is 4. The lowest BCUT2D eigenvalue weighted by atomic mass is 10.0. The third kappa shape index (κ3) is 5.88. The minimum Gasteiger partial charge on any atom is -0.352 e. The van der Waals surface area contributed by atoms with Gasteiger partial charge in [0, 0.05) is 24.7 Å². The van der Waals surface area contributed by atoms with E-state index in [2.05, 4.69) is 15.7 Å². The van der Waals surface area contributed by atoms with E-state index in [0.29, 0.717) is 11.7 Å². The highest BCUT2D eigenvalue weighted by atomic mass is 35.5. The van der Waals surface area contributed by atoms with Crippen LogP contribution < -0.4 is 16.4 Å². The zero-order valence-corrected chi connectivity index (χ0v) is 14.5. The summed E-state index contributed by atoms with van der Waals surface area (Å²) < 4.78 is 1.50. The number of halogens is 1. The molecule has 2 amide bonds. The van der Waals surface area contributed by atoms with Gasteiger partial charge in [-0.05, 0) is 18.4 Å². The van der Waals surface area contributed by atoms with Gasteiger partial charge >= 0.3 is 0 Å². The van der Waals surface area contributed by atoms with E-state index in [1.165, 1.54) is 10.9 Å². The van der Waals surface area contributed by atoms with Crippen LogP contribution in [0.2, 0.25) is 0 Å². The van der Waals surface area contributed by atoms with Crippen LogP contribution in [-0.4, -0.2) is 27.6 Å². The van der Waals surface area contributed by atoms with Crippen molar-refractivity contribution in [2.45, 2.75) is 37.9 Å². The fraction of sp³-hybridized carbons (Fsp3) is 0.353. The van der Waals surface area contributed by atoms with Crippen LogP contribution in [0.5, 0.6) is 0 Å². The largest absolute Gasteiger partial charge is 0.352 e. The summed E-state index contributed by atoms with van der Waals surface area (Å²) in [6.45, 7) is 0.149. The molecular weight excluding hydrogens is 342 g/mol. The Labute approximate surface area is 152 Å². The predicted octanol–water partition coefficient (Wildman–Crippen LogP) is 1.61. The van der Waals surface area contributed by atoms with Gasteiger partial charge < -0.3 is 16.4 Å². The number of amides is 2. The summed E-state index contributed by atoms with van der Waals surface area (Å²) in [5, 5.41) is 9.73. The molecule has 0 spiro atoms. The number of carbonyl (C=O) groups is 2. The molecule has 1 fully saturated rings. The van der Waals surface area contributed by atoms with Crippen molar-refractivity contribution in [3.8, 4) is 0 Å². The van der Waals surface area contributed by atoms with Crippen LogP contribution in [0.1, 0.15) is 30.9 Å². The monoisotopic (exact) mass is 363 g/mol. The first-order chi connectivity index (χ1) is 11.6. The second kappa shape index (κ2) is 8.64. The number of nitrogens with zero attached hydrogens (tertiary/aromatic N) is 2. The van der Waals surface area contributed by atoms with E-state index in [4.69, 9.17) is 5.73 Å². The summed E-state index contributed by atoms with van der Waals surface area (Å²) in [6, 6.07) is 9.46. The molecule has 1 aromatic heterocycles. The van der Waals surface area contributed by atoms with Crippen molar-refractivity contribution >= 4 is 29.9 Å². The quantitative estimate of drug-likeness (QED) is 0.695. The topological polar surface area (TPSA) is 102 Å².